The van der Waals surface area contributed by atoms with Gasteiger partial charge in [-0.15, -0.1) is 0 Å². The lowest BCUT2D eigenvalue weighted by molar-refractivity contribution is 0.575. The summed E-state index contributed by atoms with van der Waals surface area (Å²) in [6.45, 7) is 2.28. The molecule has 0 bridgehead atoms. The van der Waals surface area contributed by atoms with Gasteiger partial charge in [0.25, 0.3) is 0 Å². The Morgan fingerprint density at radius 3 is 1.95 bits per heavy atom. The highest BCUT2D eigenvalue weighted by Gasteiger charge is 1.97. The van der Waals surface area contributed by atoms with Gasteiger partial charge in [-0.05, 0) is 29.2 Å². The average Bonchev–Trinajstić information content (AvgIpc) is 2.50. The zero-order valence-electron chi connectivity index (χ0n) is 13.6. The van der Waals surface area contributed by atoms with E-state index < -0.39 is 0 Å². The molecule has 0 heterocycles. The Morgan fingerprint density at radius 2 is 1.27 bits per heavy atom. The second-order valence-electron chi connectivity index (χ2n) is 5.91. The fourth-order valence-electron chi connectivity index (χ4n) is 2.86. The van der Waals surface area contributed by atoms with Gasteiger partial charge in [0.1, 0.15) is 0 Å². The van der Waals surface area contributed by atoms with E-state index in [-0.39, 0.29) is 13.6 Å². The first kappa shape index (κ1) is 20.7. The summed E-state index contributed by atoms with van der Waals surface area (Å²) in [5.74, 6) is 0. The third-order valence-electron chi connectivity index (χ3n) is 4.13. The highest BCUT2D eigenvalue weighted by atomic mass is 14.0. The molecule has 1 nitrogen and oxygen atoms in total. The third kappa shape index (κ3) is 7.09. The van der Waals surface area contributed by atoms with Crippen LogP contribution in [0.5, 0.6) is 0 Å². The molecule has 0 atom stereocenters. The highest BCUT2D eigenvalue weighted by molar-refractivity contribution is 5.82. The molecule has 0 unspecified atom stereocenters. The molecule has 22 heavy (non-hydrogen) atoms. The predicted molar refractivity (Wildman–Crippen MR) is 102 cm³/mol. The van der Waals surface area contributed by atoms with Crippen molar-refractivity contribution >= 4 is 10.8 Å². The first-order valence-corrected chi connectivity index (χ1v) is 8.38. The van der Waals surface area contributed by atoms with Crippen LogP contribution in [0.1, 0.15) is 71.3 Å². The summed E-state index contributed by atoms with van der Waals surface area (Å²) in [5, 5.41) is 2.73. The second-order valence-corrected chi connectivity index (χ2v) is 5.91. The van der Waals surface area contributed by atoms with Crippen molar-refractivity contribution in [2.45, 2.75) is 72.1 Å². The van der Waals surface area contributed by atoms with Gasteiger partial charge >= 0.3 is 0 Å². The Morgan fingerprint density at radius 1 is 0.682 bits per heavy atom. The molecule has 2 rings (SSSR count). The number of fused-ring (bicyclic) bond motifs is 1. The molecule has 0 spiro atoms. The van der Waals surface area contributed by atoms with E-state index in [1.54, 1.807) is 0 Å². The molecular formula is C21H35N. The molecule has 0 saturated carbocycles. The third-order valence-corrected chi connectivity index (χ3v) is 4.13. The second kappa shape index (κ2) is 12.2. The molecular weight excluding hydrogens is 266 g/mol. The lowest BCUT2D eigenvalue weighted by Crippen LogP contribution is -1.87. The fraction of sp³-hybridized carbons (Fsp3) is 0.524. The smallest absolute Gasteiger partial charge is 0.0181 e. The van der Waals surface area contributed by atoms with E-state index in [1.165, 1.54) is 74.1 Å². The molecule has 0 aromatic heterocycles. The normalized spacial score (nSPS) is 10.0. The van der Waals surface area contributed by atoms with E-state index >= 15 is 0 Å². The number of hydrogen-bond donors (Lipinski definition) is 1. The molecule has 2 aromatic carbocycles. The molecule has 2 aromatic rings. The molecule has 1 heteroatoms. The van der Waals surface area contributed by atoms with E-state index in [2.05, 4.69) is 49.4 Å². The summed E-state index contributed by atoms with van der Waals surface area (Å²) in [7, 11) is 0. The Balaban J connectivity index is 0.00000220. The largest absolute Gasteiger partial charge is 0.344 e. The number of hydrogen-bond acceptors (Lipinski definition) is 1. The van der Waals surface area contributed by atoms with Crippen LogP contribution in [0.15, 0.2) is 42.5 Å². The summed E-state index contributed by atoms with van der Waals surface area (Å²) in [6.07, 6.45) is 12.4. The van der Waals surface area contributed by atoms with Gasteiger partial charge < -0.3 is 6.15 Å². The van der Waals surface area contributed by atoms with E-state index in [1.807, 2.05) is 0 Å². The van der Waals surface area contributed by atoms with Crippen molar-refractivity contribution in [2.24, 2.45) is 0 Å². The summed E-state index contributed by atoms with van der Waals surface area (Å²) < 4.78 is 0. The quantitative estimate of drug-likeness (QED) is 0.484. The highest BCUT2D eigenvalue weighted by Crippen LogP contribution is 2.17. The standard InChI is InChI=1S/C20H28.CH4.H3N/c1-2-3-4-5-6-7-8-9-12-18-15-16-19-13-10-11-14-20(19)17-18;;/h10-11,13-17H,2-9,12H2,1H3;1H4;1H3. The van der Waals surface area contributed by atoms with E-state index in [9.17, 15) is 0 Å². The van der Waals surface area contributed by atoms with Gasteiger partial charge in [0.2, 0.25) is 0 Å². The average molecular weight is 302 g/mol. The van der Waals surface area contributed by atoms with Crippen LogP contribution in [0.25, 0.3) is 10.8 Å². The molecule has 124 valence electrons. The lowest BCUT2D eigenvalue weighted by Gasteiger charge is -2.04. The van der Waals surface area contributed by atoms with Gasteiger partial charge in [0.05, 0.1) is 0 Å². The Labute approximate surface area is 137 Å². The number of aryl methyl sites for hydroxylation is 1. The van der Waals surface area contributed by atoms with Gasteiger partial charge in [-0.1, -0.05) is 102 Å². The van der Waals surface area contributed by atoms with Gasteiger partial charge in [-0.3, -0.25) is 0 Å². The van der Waals surface area contributed by atoms with Gasteiger partial charge in [-0.2, -0.15) is 0 Å². The number of unbranched alkanes of at least 4 members (excludes halogenated alkanes) is 7. The maximum atomic E-state index is 2.36. The summed E-state index contributed by atoms with van der Waals surface area (Å²) in [6, 6.07) is 15.6. The Bertz CT molecular complexity index is 504. The van der Waals surface area contributed by atoms with Crippen LogP contribution in [0, 0.1) is 0 Å². The van der Waals surface area contributed by atoms with Crippen LogP contribution < -0.4 is 6.15 Å². The zero-order valence-corrected chi connectivity index (χ0v) is 13.6. The van der Waals surface area contributed by atoms with Crippen LogP contribution in [0.4, 0.5) is 0 Å². The van der Waals surface area contributed by atoms with E-state index in [4.69, 9.17) is 0 Å². The van der Waals surface area contributed by atoms with Crippen LogP contribution in [-0.4, -0.2) is 0 Å². The van der Waals surface area contributed by atoms with Gasteiger partial charge in [0.15, 0.2) is 0 Å². The molecule has 0 aliphatic carbocycles. The molecule has 0 radical (unpaired) electrons. The molecule has 0 aliphatic heterocycles. The summed E-state index contributed by atoms with van der Waals surface area (Å²) in [5.41, 5.74) is 1.50. The van der Waals surface area contributed by atoms with E-state index in [0.29, 0.717) is 0 Å². The minimum atomic E-state index is 0. The van der Waals surface area contributed by atoms with Crippen molar-refractivity contribution in [1.29, 1.82) is 0 Å². The molecule has 3 N–H and O–H groups in total. The van der Waals surface area contributed by atoms with Gasteiger partial charge in [0, 0.05) is 0 Å². The van der Waals surface area contributed by atoms with Crippen molar-refractivity contribution in [3.63, 3.8) is 0 Å². The molecule has 0 fully saturated rings. The molecule has 0 amide bonds. The van der Waals surface area contributed by atoms with Crippen molar-refractivity contribution in [1.82, 2.24) is 6.15 Å². The fourth-order valence-corrected chi connectivity index (χ4v) is 2.86. The Hall–Kier alpha value is -1.34. The van der Waals surface area contributed by atoms with Crippen LogP contribution in [0.3, 0.4) is 0 Å². The summed E-state index contributed by atoms with van der Waals surface area (Å²) >= 11 is 0. The van der Waals surface area contributed by atoms with Crippen LogP contribution in [-0.2, 0) is 6.42 Å². The first-order valence-electron chi connectivity index (χ1n) is 8.38. The minimum absolute atomic E-state index is 0. The van der Waals surface area contributed by atoms with Crippen molar-refractivity contribution in [3.05, 3.63) is 48.0 Å². The van der Waals surface area contributed by atoms with Gasteiger partial charge in [-0.25, -0.2) is 0 Å². The molecule has 0 saturated heterocycles. The maximum absolute atomic E-state index is 2.36. The first-order chi connectivity index (χ1) is 9.90. The maximum Gasteiger partial charge on any atom is -0.0181 e. The molecule has 0 aliphatic rings. The SMILES string of the molecule is C.CCCCCCCCCCc1ccc2ccccc2c1.N. The Kier molecular flexibility index (Phi) is 11.5. The van der Waals surface area contributed by atoms with Crippen LogP contribution in [0.2, 0.25) is 0 Å². The van der Waals surface area contributed by atoms with Crippen molar-refractivity contribution < 1.29 is 0 Å². The summed E-state index contributed by atoms with van der Waals surface area (Å²) in [4.78, 5) is 0. The number of benzene rings is 2. The zero-order chi connectivity index (χ0) is 14.0. The number of rotatable bonds is 9. The van der Waals surface area contributed by atoms with E-state index in [0.717, 1.165) is 0 Å². The predicted octanol–water partition coefficient (Wildman–Crippen LogP) is 7.32. The lowest BCUT2D eigenvalue weighted by atomic mass is 10.0. The minimum Gasteiger partial charge on any atom is -0.344 e. The topological polar surface area (TPSA) is 35.0 Å². The van der Waals surface area contributed by atoms with Crippen molar-refractivity contribution in [2.75, 3.05) is 0 Å². The van der Waals surface area contributed by atoms with Crippen LogP contribution >= 0.6 is 0 Å². The monoisotopic (exact) mass is 301 g/mol. The van der Waals surface area contributed by atoms with Crippen molar-refractivity contribution in [3.8, 4) is 0 Å².